The summed E-state index contributed by atoms with van der Waals surface area (Å²) in [7, 11) is -5.39. The predicted molar refractivity (Wildman–Crippen MR) is 29.0 cm³/mol. The van der Waals surface area contributed by atoms with Crippen molar-refractivity contribution in [2.45, 2.75) is 0 Å². The van der Waals surface area contributed by atoms with E-state index >= 15 is 0 Å². The van der Waals surface area contributed by atoms with Gasteiger partial charge in [0.1, 0.15) is 0 Å². The van der Waals surface area contributed by atoms with Crippen LogP contribution in [-0.2, 0) is 4.57 Å². The van der Waals surface area contributed by atoms with E-state index in [1.165, 1.54) is 0 Å². The SMILES string of the molecule is C1=NCCN1.O=P([O-])([O-])[O-].[K+].[K+].[K+]. The van der Waals surface area contributed by atoms with Crippen LogP contribution in [0.3, 0.4) is 0 Å². The van der Waals surface area contributed by atoms with Crippen LogP contribution >= 0.6 is 7.82 Å². The maximum absolute atomic E-state index is 8.55. The summed E-state index contributed by atoms with van der Waals surface area (Å²) in [5.41, 5.74) is 0. The number of rotatable bonds is 0. The minimum atomic E-state index is -5.39. The van der Waals surface area contributed by atoms with Crippen molar-refractivity contribution in [3.05, 3.63) is 0 Å². The smallest absolute Gasteiger partial charge is 0.822 e. The summed E-state index contributed by atoms with van der Waals surface area (Å²) in [5.74, 6) is 0. The van der Waals surface area contributed by atoms with Crippen LogP contribution < -0.4 is 174 Å². The van der Waals surface area contributed by atoms with E-state index in [0.717, 1.165) is 13.1 Å². The van der Waals surface area contributed by atoms with E-state index in [0.29, 0.717) is 0 Å². The molecule has 0 saturated heterocycles. The number of hydrogen-bond acceptors (Lipinski definition) is 6. The zero-order chi connectivity index (χ0) is 8.04. The van der Waals surface area contributed by atoms with Crippen LogP contribution in [0.4, 0.5) is 0 Å². The molecule has 1 rings (SSSR count). The Bertz CT molecular complexity index is 148. The van der Waals surface area contributed by atoms with E-state index in [9.17, 15) is 0 Å². The van der Waals surface area contributed by atoms with Gasteiger partial charge < -0.3 is 24.6 Å². The Morgan fingerprint density at radius 1 is 1.23 bits per heavy atom. The molecule has 1 N–H and O–H groups in total. The Morgan fingerprint density at radius 2 is 1.62 bits per heavy atom. The van der Waals surface area contributed by atoms with Crippen molar-refractivity contribution in [3.63, 3.8) is 0 Å². The Kier molecular flexibility index (Phi) is 33.1. The van der Waals surface area contributed by atoms with Gasteiger partial charge in [0.15, 0.2) is 0 Å². The molecule has 0 spiro atoms. The molecule has 0 aromatic carbocycles. The minimum absolute atomic E-state index is 0. The number of aliphatic imine (C=N–C) groups is 1. The zero-order valence-corrected chi connectivity index (χ0v) is 18.3. The molecule has 1 aliphatic heterocycles. The van der Waals surface area contributed by atoms with Crippen LogP contribution in [0.2, 0.25) is 0 Å². The van der Waals surface area contributed by atoms with E-state index < -0.39 is 7.82 Å². The second-order valence-corrected chi connectivity index (χ2v) is 2.33. The third-order valence-electron chi connectivity index (χ3n) is 0.568. The Hall–Kier alpha value is 4.49. The summed E-state index contributed by atoms with van der Waals surface area (Å²) in [4.78, 5) is 29.5. The summed E-state index contributed by atoms with van der Waals surface area (Å²) in [6, 6.07) is 0. The molecule has 0 aromatic heterocycles. The molecule has 0 saturated carbocycles. The molecule has 10 heteroatoms. The molecule has 0 bridgehead atoms. The van der Waals surface area contributed by atoms with Crippen LogP contribution in [0.15, 0.2) is 4.99 Å². The third kappa shape index (κ3) is 38.4. The average Bonchev–Trinajstić information content (AvgIpc) is 2.07. The molecular formula is C3H6K3N2O4P. The van der Waals surface area contributed by atoms with Crippen molar-refractivity contribution < 1.29 is 173 Å². The standard InChI is InChI=1S/C3H6N2.3K.H3O4P/c1-2-5-3-4-1;;;;1-5(2,3)4/h3H,1-2H2,(H,4,5);;;;(H3,1,2,3,4)/q;3*+1;/p-3. The molecule has 0 atom stereocenters. The van der Waals surface area contributed by atoms with Crippen LogP contribution in [-0.4, -0.2) is 19.4 Å². The molecule has 0 unspecified atom stereocenters. The summed E-state index contributed by atoms with van der Waals surface area (Å²) >= 11 is 0. The zero-order valence-electron chi connectivity index (χ0n) is 8.02. The Balaban J connectivity index is -0.0000000506. The molecule has 60 valence electrons. The summed E-state index contributed by atoms with van der Waals surface area (Å²) in [6.45, 7) is 1.99. The third-order valence-corrected chi connectivity index (χ3v) is 0.568. The second-order valence-electron chi connectivity index (χ2n) is 1.44. The van der Waals surface area contributed by atoms with Gasteiger partial charge in [-0.3, -0.25) is 4.99 Å². The van der Waals surface area contributed by atoms with Crippen molar-refractivity contribution in [2.75, 3.05) is 13.1 Å². The topological polar surface area (TPSA) is 111 Å². The summed E-state index contributed by atoms with van der Waals surface area (Å²) in [6.07, 6.45) is 1.74. The number of nitrogens with one attached hydrogen (secondary N) is 1. The molecule has 1 aliphatic rings. The molecule has 1 heterocycles. The monoisotopic (exact) mass is 282 g/mol. The van der Waals surface area contributed by atoms with E-state index in [1.807, 2.05) is 0 Å². The van der Waals surface area contributed by atoms with Crippen LogP contribution in [0.25, 0.3) is 0 Å². The van der Waals surface area contributed by atoms with Gasteiger partial charge in [0.25, 0.3) is 0 Å². The van der Waals surface area contributed by atoms with Gasteiger partial charge in [-0.05, 0) is 0 Å². The van der Waals surface area contributed by atoms with Crippen LogP contribution in [0.5, 0.6) is 0 Å². The molecule has 6 nitrogen and oxygen atoms in total. The normalized spacial score (nSPS) is 11.9. The van der Waals surface area contributed by atoms with Gasteiger partial charge in [0, 0.05) is 6.54 Å². The van der Waals surface area contributed by atoms with Gasteiger partial charge in [-0.15, -0.1) is 0 Å². The fraction of sp³-hybridized carbons (Fsp3) is 0.667. The van der Waals surface area contributed by atoms with Gasteiger partial charge in [-0.1, -0.05) is 0 Å². The average molecular weight is 282 g/mol. The van der Waals surface area contributed by atoms with Gasteiger partial charge >= 0.3 is 154 Å². The molecule has 13 heavy (non-hydrogen) atoms. The van der Waals surface area contributed by atoms with Crippen molar-refractivity contribution in [1.29, 1.82) is 0 Å². The van der Waals surface area contributed by atoms with E-state index in [-0.39, 0.29) is 154 Å². The minimum Gasteiger partial charge on any atom is -0.822 e. The fourth-order valence-electron chi connectivity index (χ4n) is 0.323. The Morgan fingerprint density at radius 3 is 1.69 bits per heavy atom. The molecule has 0 aromatic rings. The first-order valence-electron chi connectivity index (χ1n) is 2.45. The maximum Gasteiger partial charge on any atom is 1.00 e. The van der Waals surface area contributed by atoms with Gasteiger partial charge in [-0.25, -0.2) is 0 Å². The van der Waals surface area contributed by atoms with Gasteiger partial charge in [-0.2, -0.15) is 7.82 Å². The van der Waals surface area contributed by atoms with E-state index in [4.69, 9.17) is 19.2 Å². The molecular weight excluding hydrogens is 276 g/mol. The first-order valence-corrected chi connectivity index (χ1v) is 3.91. The first kappa shape index (κ1) is 26.1. The largest absolute Gasteiger partial charge is 1.00 e. The number of phosphoric acid groups is 1. The van der Waals surface area contributed by atoms with Crippen LogP contribution in [0, 0.1) is 0 Å². The van der Waals surface area contributed by atoms with Crippen LogP contribution in [0.1, 0.15) is 0 Å². The first-order chi connectivity index (χ1) is 4.50. The predicted octanol–water partition coefficient (Wildman–Crippen LogP) is -12.2. The molecule has 0 radical (unpaired) electrons. The van der Waals surface area contributed by atoms with Gasteiger partial charge in [0.05, 0.1) is 12.9 Å². The van der Waals surface area contributed by atoms with E-state index in [1.54, 1.807) is 6.34 Å². The number of nitrogens with zero attached hydrogens (tertiary/aromatic N) is 1. The van der Waals surface area contributed by atoms with Crippen molar-refractivity contribution >= 4 is 14.2 Å². The molecule has 0 fully saturated rings. The molecule has 0 aliphatic carbocycles. The second kappa shape index (κ2) is 16.5. The fourth-order valence-corrected chi connectivity index (χ4v) is 0.323. The van der Waals surface area contributed by atoms with E-state index in [2.05, 4.69) is 10.3 Å². The van der Waals surface area contributed by atoms with Crippen molar-refractivity contribution in [3.8, 4) is 0 Å². The summed E-state index contributed by atoms with van der Waals surface area (Å²) < 4.78 is 8.55. The molecule has 0 amide bonds. The maximum atomic E-state index is 8.55. The quantitative estimate of drug-likeness (QED) is 0.350. The Labute approximate surface area is 205 Å². The van der Waals surface area contributed by atoms with Crippen molar-refractivity contribution in [2.24, 2.45) is 4.99 Å². The summed E-state index contributed by atoms with van der Waals surface area (Å²) in [5, 5.41) is 2.93. The van der Waals surface area contributed by atoms with Crippen molar-refractivity contribution in [1.82, 2.24) is 5.32 Å². The van der Waals surface area contributed by atoms with Gasteiger partial charge in [0.2, 0.25) is 0 Å². The number of hydrogen-bond donors (Lipinski definition) is 1.